The van der Waals surface area contributed by atoms with Crippen LogP contribution in [0.3, 0.4) is 0 Å². The van der Waals surface area contributed by atoms with Gasteiger partial charge in [0, 0.05) is 13.1 Å². The van der Waals surface area contributed by atoms with Gasteiger partial charge in [0.25, 0.3) is 6.41 Å². The molecule has 0 radical (unpaired) electrons. The Bertz CT molecular complexity index is 102. The molecule has 0 aromatic carbocycles. The summed E-state index contributed by atoms with van der Waals surface area (Å²) < 4.78 is 0. The fraction of sp³-hybridized carbons (Fsp3) is 0.833. The molecule has 4 heteroatoms. The zero-order valence-electron chi connectivity index (χ0n) is 6.14. The molecule has 0 saturated carbocycles. The highest BCUT2D eigenvalue weighted by molar-refractivity contribution is 5.33. The Morgan fingerprint density at radius 1 is 1.40 bits per heavy atom. The van der Waals surface area contributed by atoms with Crippen LogP contribution in [0, 0.1) is 0 Å². The van der Waals surface area contributed by atoms with Crippen LogP contribution in [0.25, 0.3) is 0 Å². The number of nitrogens with one attached hydrogen (secondary N) is 1. The molecule has 1 aliphatic rings. The molecule has 0 bridgehead atoms. The number of carbonyl (C=O) groups excluding carboxylic acids is 1. The first kappa shape index (κ1) is 9.88. The minimum atomic E-state index is 0. The summed E-state index contributed by atoms with van der Waals surface area (Å²) in [5.74, 6) is 0. The Hall–Kier alpha value is -0.120. The third-order valence-electron chi connectivity index (χ3n) is 1.80. The molecular formula is C6H13ClN2O. The molecule has 1 N–H and O–H groups in total. The van der Waals surface area contributed by atoms with Gasteiger partial charge in [-0.25, -0.2) is 4.79 Å². The Kier molecular flexibility index (Phi) is 4.60. The van der Waals surface area contributed by atoms with Crippen LogP contribution in [0.2, 0.25) is 0 Å². The number of amides is 1. The van der Waals surface area contributed by atoms with Crippen LogP contribution in [-0.2, 0) is 4.79 Å². The van der Waals surface area contributed by atoms with Crippen molar-refractivity contribution < 1.29 is 22.1 Å². The topological polar surface area (TPSA) is 24.8 Å². The van der Waals surface area contributed by atoms with Gasteiger partial charge < -0.3 is 12.4 Å². The fourth-order valence-electron chi connectivity index (χ4n) is 1.02. The van der Waals surface area contributed by atoms with Crippen LogP contribution < -0.4 is 17.3 Å². The second-order valence-corrected chi connectivity index (χ2v) is 2.58. The molecule has 1 saturated heterocycles. The number of halogens is 1. The molecule has 1 rings (SSSR count). The molecule has 0 unspecified atom stereocenters. The Morgan fingerprint density at radius 3 is 2.30 bits per heavy atom. The molecule has 1 fully saturated rings. The minimum Gasteiger partial charge on any atom is -1.00 e. The molecular weight excluding hydrogens is 152 g/mol. The van der Waals surface area contributed by atoms with Crippen molar-refractivity contribution in [2.24, 2.45) is 0 Å². The van der Waals surface area contributed by atoms with E-state index in [2.05, 4.69) is 11.9 Å². The van der Waals surface area contributed by atoms with E-state index in [-0.39, 0.29) is 12.4 Å². The van der Waals surface area contributed by atoms with Gasteiger partial charge in [-0.15, -0.1) is 0 Å². The first-order chi connectivity index (χ1) is 4.33. The summed E-state index contributed by atoms with van der Waals surface area (Å²) in [5, 5.41) is 0. The van der Waals surface area contributed by atoms with Crippen molar-refractivity contribution in [1.82, 2.24) is 4.90 Å². The number of quaternary nitrogens is 1. The lowest BCUT2D eigenvalue weighted by Gasteiger charge is -2.24. The van der Waals surface area contributed by atoms with Gasteiger partial charge in [-0.2, -0.15) is 0 Å². The Labute approximate surface area is 67.4 Å². The number of piperazine rings is 1. The van der Waals surface area contributed by atoms with Gasteiger partial charge in [-0.05, 0) is 7.05 Å². The zero-order valence-corrected chi connectivity index (χ0v) is 6.90. The van der Waals surface area contributed by atoms with E-state index in [4.69, 9.17) is 0 Å². The summed E-state index contributed by atoms with van der Waals surface area (Å²) >= 11 is 0. The molecule has 1 aliphatic heterocycles. The number of nitrogens with zero attached hydrogens (tertiary/aromatic N) is 1. The highest BCUT2D eigenvalue weighted by Gasteiger charge is 2.14. The largest absolute Gasteiger partial charge is 1.00 e. The van der Waals surface area contributed by atoms with Crippen LogP contribution in [0.4, 0.5) is 0 Å². The van der Waals surface area contributed by atoms with E-state index in [1.807, 2.05) is 0 Å². The summed E-state index contributed by atoms with van der Waals surface area (Å²) in [7, 11) is 2.08. The van der Waals surface area contributed by atoms with E-state index in [1.165, 1.54) is 0 Å². The number of hydrogen-bond donors (Lipinski definition) is 1. The van der Waals surface area contributed by atoms with Gasteiger partial charge in [0.05, 0.1) is 13.1 Å². The second kappa shape index (κ2) is 4.66. The SMILES string of the molecule is CN1CC[NH+](C=O)CC1.[Cl-]. The van der Waals surface area contributed by atoms with E-state index >= 15 is 0 Å². The van der Waals surface area contributed by atoms with E-state index in [0.29, 0.717) is 0 Å². The Morgan fingerprint density at radius 2 is 1.90 bits per heavy atom. The van der Waals surface area contributed by atoms with Crippen molar-refractivity contribution in [3.8, 4) is 0 Å². The van der Waals surface area contributed by atoms with E-state index in [9.17, 15) is 4.79 Å². The third kappa shape index (κ3) is 2.64. The van der Waals surface area contributed by atoms with Gasteiger partial charge in [0.15, 0.2) is 0 Å². The lowest BCUT2D eigenvalue weighted by Crippen LogP contribution is -3.13. The molecule has 0 aromatic rings. The lowest BCUT2D eigenvalue weighted by atomic mass is 10.4. The number of rotatable bonds is 1. The van der Waals surface area contributed by atoms with Gasteiger partial charge in [-0.3, -0.25) is 9.80 Å². The predicted octanol–water partition coefficient (Wildman–Crippen LogP) is -5.02. The van der Waals surface area contributed by atoms with Crippen molar-refractivity contribution in [3.05, 3.63) is 0 Å². The molecule has 3 nitrogen and oxygen atoms in total. The number of hydrogen-bond acceptors (Lipinski definition) is 2. The average molecular weight is 165 g/mol. The molecule has 0 atom stereocenters. The summed E-state index contributed by atoms with van der Waals surface area (Å²) in [4.78, 5) is 13.5. The highest BCUT2D eigenvalue weighted by atomic mass is 35.5. The van der Waals surface area contributed by atoms with E-state index in [1.54, 1.807) is 0 Å². The lowest BCUT2D eigenvalue weighted by molar-refractivity contribution is -0.816. The fourth-order valence-corrected chi connectivity index (χ4v) is 1.02. The maximum Gasteiger partial charge on any atom is 0.299 e. The van der Waals surface area contributed by atoms with Gasteiger partial charge in [-0.1, -0.05) is 0 Å². The molecule has 60 valence electrons. The first-order valence-electron chi connectivity index (χ1n) is 3.31. The maximum atomic E-state index is 10.2. The van der Waals surface area contributed by atoms with Gasteiger partial charge in [0.2, 0.25) is 0 Å². The van der Waals surface area contributed by atoms with Gasteiger partial charge >= 0.3 is 0 Å². The molecule has 0 aliphatic carbocycles. The van der Waals surface area contributed by atoms with Crippen molar-refractivity contribution >= 4 is 6.41 Å². The van der Waals surface area contributed by atoms with Crippen LogP contribution in [0.1, 0.15) is 0 Å². The summed E-state index contributed by atoms with van der Waals surface area (Å²) in [6, 6.07) is 0. The van der Waals surface area contributed by atoms with E-state index in [0.717, 1.165) is 37.5 Å². The standard InChI is InChI=1S/C6H12N2O.ClH/c1-7-2-4-8(6-9)5-3-7;/h6H,2-5H2,1H3;1H. The van der Waals surface area contributed by atoms with Crippen LogP contribution in [-0.4, -0.2) is 44.5 Å². The quantitative estimate of drug-likeness (QED) is 0.393. The summed E-state index contributed by atoms with van der Waals surface area (Å²) in [5.41, 5.74) is 0. The highest BCUT2D eigenvalue weighted by Crippen LogP contribution is 1.79. The van der Waals surface area contributed by atoms with E-state index < -0.39 is 0 Å². The van der Waals surface area contributed by atoms with Crippen molar-refractivity contribution in [2.45, 2.75) is 0 Å². The average Bonchev–Trinajstić information content (AvgIpc) is 1.90. The second-order valence-electron chi connectivity index (χ2n) is 2.58. The molecule has 10 heavy (non-hydrogen) atoms. The predicted molar refractivity (Wildman–Crippen MR) is 34.3 cm³/mol. The minimum absolute atomic E-state index is 0. The molecule has 1 heterocycles. The normalized spacial score (nSPS) is 21.7. The maximum absolute atomic E-state index is 10.2. The number of likely N-dealkylation sites (N-methyl/N-ethyl adjacent to an activating group) is 1. The number of carbonyl (C=O) groups is 1. The molecule has 1 amide bonds. The third-order valence-corrected chi connectivity index (χ3v) is 1.80. The molecule has 0 spiro atoms. The van der Waals surface area contributed by atoms with Gasteiger partial charge in [0.1, 0.15) is 0 Å². The molecule has 0 aromatic heterocycles. The van der Waals surface area contributed by atoms with Crippen LogP contribution in [0.15, 0.2) is 0 Å². The van der Waals surface area contributed by atoms with Crippen molar-refractivity contribution in [2.75, 3.05) is 33.2 Å². The summed E-state index contributed by atoms with van der Waals surface area (Å²) in [6.07, 6.45) is 1.01. The van der Waals surface area contributed by atoms with Crippen molar-refractivity contribution in [3.63, 3.8) is 0 Å². The summed E-state index contributed by atoms with van der Waals surface area (Å²) in [6.45, 7) is 4.04. The smallest absolute Gasteiger partial charge is 0.299 e. The van der Waals surface area contributed by atoms with Crippen LogP contribution in [0.5, 0.6) is 0 Å². The van der Waals surface area contributed by atoms with Crippen LogP contribution >= 0.6 is 0 Å². The zero-order chi connectivity index (χ0) is 6.69. The monoisotopic (exact) mass is 164 g/mol. The van der Waals surface area contributed by atoms with Crippen molar-refractivity contribution in [1.29, 1.82) is 0 Å². The Balaban J connectivity index is 0.000000810. The first-order valence-corrected chi connectivity index (χ1v) is 3.31.